The Bertz CT molecular complexity index is 998. The molecule has 1 aromatic heterocycles. The molecule has 1 heterocycles. The van der Waals surface area contributed by atoms with Gasteiger partial charge in [0.05, 0.1) is 0 Å². The Morgan fingerprint density at radius 2 is 1.62 bits per heavy atom. The van der Waals surface area contributed by atoms with E-state index in [1.807, 2.05) is 66.7 Å². The number of benzene rings is 3. The molecule has 0 saturated heterocycles. The molecule has 0 radical (unpaired) electrons. The third-order valence-electron chi connectivity index (χ3n) is 3.85. The highest BCUT2D eigenvalue weighted by Crippen LogP contribution is 2.23. The molecule has 4 aromatic rings. The fraction of sp³-hybridized carbons (Fsp3) is 0.0476. The summed E-state index contributed by atoms with van der Waals surface area (Å²) in [6, 6.07) is 24.9. The Hall–Kier alpha value is -3.11. The summed E-state index contributed by atoms with van der Waals surface area (Å²) >= 11 is 5.88. The highest BCUT2D eigenvalue weighted by atomic mass is 35.5. The maximum atomic E-state index is 5.88. The average Bonchev–Trinajstić information content (AvgIpc) is 3.19. The van der Waals surface area contributed by atoms with E-state index in [0.29, 0.717) is 23.3 Å². The van der Waals surface area contributed by atoms with E-state index in [4.69, 9.17) is 20.9 Å². The molecule has 0 fully saturated rings. The summed E-state index contributed by atoms with van der Waals surface area (Å²) in [5, 5.41) is 4.75. The number of hydrogen-bond donors (Lipinski definition) is 0. The zero-order chi connectivity index (χ0) is 17.8. The molecule has 0 spiro atoms. The van der Waals surface area contributed by atoms with Crippen LogP contribution in [0.15, 0.2) is 83.4 Å². The Labute approximate surface area is 156 Å². The highest BCUT2D eigenvalue weighted by molar-refractivity contribution is 6.30. The van der Waals surface area contributed by atoms with Crippen molar-refractivity contribution < 1.29 is 9.26 Å². The van der Waals surface area contributed by atoms with Gasteiger partial charge in [0.2, 0.25) is 5.82 Å². The lowest BCUT2D eigenvalue weighted by Crippen LogP contribution is -1.95. The van der Waals surface area contributed by atoms with E-state index in [0.717, 1.165) is 22.4 Å². The molecule has 0 bridgehead atoms. The first-order valence-corrected chi connectivity index (χ1v) is 8.52. The molecular weight excluding hydrogens is 348 g/mol. The minimum Gasteiger partial charge on any atom is -0.489 e. The van der Waals surface area contributed by atoms with Gasteiger partial charge in [-0.05, 0) is 42.0 Å². The molecule has 0 aliphatic rings. The Kier molecular flexibility index (Phi) is 4.67. The normalized spacial score (nSPS) is 10.7. The largest absolute Gasteiger partial charge is 0.489 e. The van der Waals surface area contributed by atoms with Crippen molar-refractivity contribution >= 4 is 11.6 Å². The van der Waals surface area contributed by atoms with Crippen molar-refractivity contribution in [2.75, 3.05) is 0 Å². The second-order valence-corrected chi connectivity index (χ2v) is 6.17. The van der Waals surface area contributed by atoms with Gasteiger partial charge in [0.25, 0.3) is 5.89 Å². The first kappa shape index (κ1) is 16.4. The molecule has 5 heteroatoms. The highest BCUT2D eigenvalue weighted by Gasteiger charge is 2.11. The van der Waals surface area contributed by atoms with Crippen LogP contribution < -0.4 is 4.74 Å². The fourth-order valence-corrected chi connectivity index (χ4v) is 2.66. The van der Waals surface area contributed by atoms with Crippen LogP contribution in [0.5, 0.6) is 5.75 Å². The van der Waals surface area contributed by atoms with Crippen molar-refractivity contribution in [1.82, 2.24) is 10.1 Å². The van der Waals surface area contributed by atoms with Gasteiger partial charge >= 0.3 is 0 Å². The van der Waals surface area contributed by atoms with Gasteiger partial charge in [0, 0.05) is 16.1 Å². The number of hydrogen-bond acceptors (Lipinski definition) is 4. The van der Waals surface area contributed by atoms with Crippen molar-refractivity contribution in [3.05, 3.63) is 89.4 Å². The Morgan fingerprint density at radius 1 is 0.846 bits per heavy atom. The number of halogens is 1. The Morgan fingerprint density at radius 3 is 2.42 bits per heavy atom. The maximum Gasteiger partial charge on any atom is 0.258 e. The summed E-state index contributed by atoms with van der Waals surface area (Å²) in [5.41, 5.74) is 2.79. The minimum atomic E-state index is 0.440. The molecule has 0 N–H and O–H groups in total. The second kappa shape index (κ2) is 7.42. The predicted molar refractivity (Wildman–Crippen MR) is 101 cm³/mol. The molecule has 26 heavy (non-hydrogen) atoms. The first-order valence-electron chi connectivity index (χ1n) is 8.15. The molecule has 4 rings (SSSR count). The SMILES string of the molecule is Clc1ccc(OCc2cccc(-c3nc(-c4ccccc4)no3)c2)cc1. The van der Waals surface area contributed by atoms with Crippen molar-refractivity contribution in [3.63, 3.8) is 0 Å². The molecule has 0 unspecified atom stereocenters. The zero-order valence-corrected chi connectivity index (χ0v) is 14.6. The van der Waals surface area contributed by atoms with E-state index in [9.17, 15) is 0 Å². The lowest BCUT2D eigenvalue weighted by molar-refractivity contribution is 0.306. The van der Waals surface area contributed by atoms with E-state index in [1.165, 1.54) is 0 Å². The van der Waals surface area contributed by atoms with E-state index in [1.54, 1.807) is 12.1 Å². The van der Waals surface area contributed by atoms with Gasteiger partial charge in [0.15, 0.2) is 0 Å². The van der Waals surface area contributed by atoms with Crippen LogP contribution in [0.25, 0.3) is 22.8 Å². The molecule has 0 saturated carbocycles. The minimum absolute atomic E-state index is 0.440. The summed E-state index contributed by atoms with van der Waals surface area (Å²) < 4.78 is 11.2. The first-order chi connectivity index (χ1) is 12.8. The smallest absolute Gasteiger partial charge is 0.258 e. The molecule has 0 atom stereocenters. The van der Waals surface area contributed by atoms with Gasteiger partial charge in [-0.25, -0.2) is 0 Å². The number of nitrogens with zero attached hydrogens (tertiary/aromatic N) is 2. The van der Waals surface area contributed by atoms with Gasteiger partial charge in [-0.15, -0.1) is 0 Å². The van der Waals surface area contributed by atoms with Crippen LogP contribution >= 0.6 is 11.6 Å². The van der Waals surface area contributed by atoms with Crippen molar-refractivity contribution in [3.8, 4) is 28.6 Å². The monoisotopic (exact) mass is 362 g/mol. The molecule has 4 nitrogen and oxygen atoms in total. The third kappa shape index (κ3) is 3.76. The van der Waals surface area contributed by atoms with Crippen LogP contribution in [0.2, 0.25) is 5.02 Å². The topological polar surface area (TPSA) is 48.2 Å². The van der Waals surface area contributed by atoms with Gasteiger partial charge in [-0.1, -0.05) is 59.2 Å². The van der Waals surface area contributed by atoms with Gasteiger partial charge < -0.3 is 9.26 Å². The summed E-state index contributed by atoms with van der Waals surface area (Å²) in [7, 11) is 0. The van der Waals surface area contributed by atoms with Crippen LogP contribution in [-0.2, 0) is 6.61 Å². The van der Waals surface area contributed by atoms with Crippen LogP contribution in [0.1, 0.15) is 5.56 Å². The van der Waals surface area contributed by atoms with E-state index >= 15 is 0 Å². The third-order valence-corrected chi connectivity index (χ3v) is 4.10. The summed E-state index contributed by atoms with van der Waals surface area (Å²) in [6.45, 7) is 0.440. The zero-order valence-electron chi connectivity index (χ0n) is 13.8. The fourth-order valence-electron chi connectivity index (χ4n) is 2.54. The maximum absolute atomic E-state index is 5.88. The quantitative estimate of drug-likeness (QED) is 0.461. The van der Waals surface area contributed by atoms with E-state index in [-0.39, 0.29) is 0 Å². The molecular formula is C21H15ClN2O2. The lowest BCUT2D eigenvalue weighted by Gasteiger charge is -2.07. The summed E-state index contributed by atoms with van der Waals surface area (Å²) in [4.78, 5) is 4.49. The number of rotatable bonds is 5. The molecule has 0 aliphatic heterocycles. The molecule has 128 valence electrons. The molecule has 0 aliphatic carbocycles. The molecule has 0 amide bonds. The predicted octanol–water partition coefficient (Wildman–Crippen LogP) is 5.64. The van der Waals surface area contributed by atoms with Gasteiger partial charge in [-0.2, -0.15) is 4.98 Å². The summed E-state index contributed by atoms with van der Waals surface area (Å²) in [6.07, 6.45) is 0. The van der Waals surface area contributed by atoms with Gasteiger partial charge in [0.1, 0.15) is 12.4 Å². The van der Waals surface area contributed by atoms with Crippen molar-refractivity contribution in [2.24, 2.45) is 0 Å². The van der Waals surface area contributed by atoms with E-state index < -0.39 is 0 Å². The average molecular weight is 363 g/mol. The lowest BCUT2D eigenvalue weighted by atomic mass is 10.1. The van der Waals surface area contributed by atoms with Crippen LogP contribution in [0.3, 0.4) is 0 Å². The Balaban J connectivity index is 1.51. The summed E-state index contributed by atoms with van der Waals surface area (Å²) in [5.74, 6) is 1.82. The van der Waals surface area contributed by atoms with Gasteiger partial charge in [-0.3, -0.25) is 0 Å². The van der Waals surface area contributed by atoms with E-state index in [2.05, 4.69) is 10.1 Å². The molecule has 3 aromatic carbocycles. The second-order valence-electron chi connectivity index (χ2n) is 5.73. The van der Waals surface area contributed by atoms with Crippen LogP contribution in [0, 0.1) is 0 Å². The van der Waals surface area contributed by atoms with Crippen LogP contribution in [0.4, 0.5) is 0 Å². The number of ether oxygens (including phenoxy) is 1. The van der Waals surface area contributed by atoms with Crippen molar-refractivity contribution in [2.45, 2.75) is 6.61 Å². The standard InChI is InChI=1S/C21H15ClN2O2/c22-18-9-11-19(12-10-18)25-14-15-5-4-8-17(13-15)21-23-20(24-26-21)16-6-2-1-3-7-16/h1-13H,14H2. The number of aromatic nitrogens is 2. The van der Waals surface area contributed by atoms with Crippen molar-refractivity contribution in [1.29, 1.82) is 0 Å². The van der Waals surface area contributed by atoms with Crippen LogP contribution in [-0.4, -0.2) is 10.1 Å².